The standard InChI is InChI=1S/C17H19NOS2/c18-17(20)16-10-5-4-7-14(16)13-21-12-6-11-19-15-8-2-1-3-9-15/h1-5,7-10H,6,11-13H2,(H2,18,20). The van der Waals surface area contributed by atoms with Gasteiger partial charge in [0.1, 0.15) is 10.7 Å². The fourth-order valence-corrected chi connectivity index (χ4v) is 3.07. The topological polar surface area (TPSA) is 35.2 Å². The summed E-state index contributed by atoms with van der Waals surface area (Å²) in [6.45, 7) is 0.744. The van der Waals surface area contributed by atoms with Crippen LogP contribution in [0.4, 0.5) is 0 Å². The SMILES string of the molecule is NC(=S)c1ccccc1CSCCCOc1ccccc1. The number of hydrogen-bond acceptors (Lipinski definition) is 3. The number of hydrogen-bond donors (Lipinski definition) is 1. The van der Waals surface area contributed by atoms with Gasteiger partial charge in [-0.25, -0.2) is 0 Å². The average molecular weight is 317 g/mol. The Labute approximate surface area is 135 Å². The number of thiocarbonyl (C=S) groups is 1. The molecule has 0 saturated heterocycles. The molecule has 0 bridgehead atoms. The lowest BCUT2D eigenvalue weighted by Crippen LogP contribution is -2.11. The largest absolute Gasteiger partial charge is 0.494 e. The second kappa shape index (κ2) is 8.70. The van der Waals surface area contributed by atoms with Crippen LogP contribution in [-0.4, -0.2) is 17.3 Å². The van der Waals surface area contributed by atoms with E-state index < -0.39 is 0 Å². The first-order valence-electron chi connectivity index (χ1n) is 6.90. The van der Waals surface area contributed by atoms with Gasteiger partial charge in [-0.3, -0.25) is 0 Å². The van der Waals surface area contributed by atoms with Crippen molar-refractivity contribution in [2.24, 2.45) is 5.73 Å². The Morgan fingerprint density at radius 1 is 1.05 bits per heavy atom. The molecule has 2 nitrogen and oxygen atoms in total. The van der Waals surface area contributed by atoms with Gasteiger partial charge in [0.25, 0.3) is 0 Å². The maximum Gasteiger partial charge on any atom is 0.119 e. The Bertz CT molecular complexity index is 572. The summed E-state index contributed by atoms with van der Waals surface area (Å²) >= 11 is 6.95. The van der Waals surface area contributed by atoms with Crippen molar-refractivity contribution in [1.29, 1.82) is 0 Å². The number of ether oxygens (including phenoxy) is 1. The van der Waals surface area contributed by atoms with Crippen molar-refractivity contribution in [3.63, 3.8) is 0 Å². The second-order valence-electron chi connectivity index (χ2n) is 4.59. The summed E-state index contributed by atoms with van der Waals surface area (Å²) in [5, 5.41) is 0. The van der Waals surface area contributed by atoms with Gasteiger partial charge in [-0.1, -0.05) is 54.7 Å². The highest BCUT2D eigenvalue weighted by molar-refractivity contribution is 7.98. The maximum absolute atomic E-state index is 5.73. The average Bonchev–Trinajstić information content (AvgIpc) is 2.52. The first kappa shape index (κ1) is 15.9. The normalized spacial score (nSPS) is 10.3. The zero-order valence-corrected chi connectivity index (χ0v) is 13.5. The molecule has 4 heteroatoms. The summed E-state index contributed by atoms with van der Waals surface area (Å²) in [7, 11) is 0. The molecule has 2 aromatic rings. The molecule has 2 rings (SSSR count). The minimum atomic E-state index is 0.471. The van der Waals surface area contributed by atoms with Crippen LogP contribution in [0.25, 0.3) is 0 Å². The van der Waals surface area contributed by atoms with Gasteiger partial charge < -0.3 is 10.5 Å². The third kappa shape index (κ3) is 5.40. The van der Waals surface area contributed by atoms with Crippen molar-refractivity contribution in [3.05, 3.63) is 65.7 Å². The van der Waals surface area contributed by atoms with E-state index in [0.717, 1.165) is 35.8 Å². The van der Waals surface area contributed by atoms with Crippen molar-refractivity contribution >= 4 is 29.0 Å². The summed E-state index contributed by atoms with van der Waals surface area (Å²) in [5.41, 5.74) is 7.93. The lowest BCUT2D eigenvalue weighted by atomic mass is 10.1. The number of nitrogens with two attached hydrogens (primary N) is 1. The van der Waals surface area contributed by atoms with E-state index in [1.54, 1.807) is 0 Å². The van der Waals surface area contributed by atoms with E-state index in [4.69, 9.17) is 22.7 Å². The summed E-state index contributed by atoms with van der Waals surface area (Å²) in [6, 6.07) is 18.0. The molecule has 0 spiro atoms. The lowest BCUT2D eigenvalue weighted by Gasteiger charge is -2.08. The highest BCUT2D eigenvalue weighted by atomic mass is 32.2. The molecule has 2 N–H and O–H groups in total. The summed E-state index contributed by atoms with van der Waals surface area (Å²) in [5.74, 6) is 2.92. The first-order chi connectivity index (χ1) is 10.3. The van der Waals surface area contributed by atoms with Crippen LogP contribution < -0.4 is 10.5 Å². The van der Waals surface area contributed by atoms with Crippen LogP contribution in [-0.2, 0) is 5.75 Å². The molecular weight excluding hydrogens is 298 g/mol. The molecule has 0 fully saturated rings. The van der Waals surface area contributed by atoms with Gasteiger partial charge in [-0.2, -0.15) is 11.8 Å². The Hall–Kier alpha value is -1.52. The summed E-state index contributed by atoms with van der Waals surface area (Å²) in [6.07, 6.45) is 1.02. The monoisotopic (exact) mass is 317 g/mol. The van der Waals surface area contributed by atoms with Crippen LogP contribution in [0, 0.1) is 0 Å². The van der Waals surface area contributed by atoms with Crippen LogP contribution in [0.5, 0.6) is 5.75 Å². The molecule has 0 heterocycles. The van der Waals surface area contributed by atoms with Gasteiger partial charge in [-0.15, -0.1) is 0 Å². The number of rotatable bonds is 8. The van der Waals surface area contributed by atoms with Gasteiger partial charge in [0.2, 0.25) is 0 Å². The molecule has 0 amide bonds. The second-order valence-corrected chi connectivity index (χ2v) is 6.13. The highest BCUT2D eigenvalue weighted by Crippen LogP contribution is 2.17. The van der Waals surface area contributed by atoms with Crippen LogP contribution >= 0.6 is 24.0 Å². The third-order valence-corrected chi connectivity index (χ3v) is 4.30. The minimum absolute atomic E-state index is 0.471. The van der Waals surface area contributed by atoms with Crippen LogP contribution in [0.1, 0.15) is 17.5 Å². The fourth-order valence-electron chi connectivity index (χ4n) is 1.94. The molecule has 2 aromatic carbocycles. The smallest absolute Gasteiger partial charge is 0.119 e. The summed E-state index contributed by atoms with van der Waals surface area (Å²) in [4.78, 5) is 0.471. The molecule has 21 heavy (non-hydrogen) atoms. The minimum Gasteiger partial charge on any atom is -0.494 e. The van der Waals surface area contributed by atoms with E-state index in [0.29, 0.717) is 4.99 Å². The van der Waals surface area contributed by atoms with Crippen molar-refractivity contribution in [3.8, 4) is 5.75 Å². The molecule has 0 aliphatic rings. The van der Waals surface area contributed by atoms with Gasteiger partial charge >= 0.3 is 0 Å². The van der Waals surface area contributed by atoms with E-state index in [-0.39, 0.29) is 0 Å². The summed E-state index contributed by atoms with van der Waals surface area (Å²) < 4.78 is 5.67. The van der Waals surface area contributed by atoms with Crippen molar-refractivity contribution in [1.82, 2.24) is 0 Å². The van der Waals surface area contributed by atoms with Crippen LogP contribution in [0.15, 0.2) is 54.6 Å². The third-order valence-electron chi connectivity index (χ3n) is 2.99. The Morgan fingerprint density at radius 2 is 1.76 bits per heavy atom. The highest BCUT2D eigenvalue weighted by Gasteiger charge is 2.04. The first-order valence-corrected chi connectivity index (χ1v) is 8.47. The van der Waals surface area contributed by atoms with E-state index >= 15 is 0 Å². The predicted molar refractivity (Wildman–Crippen MR) is 95.0 cm³/mol. The van der Waals surface area contributed by atoms with E-state index in [2.05, 4.69) is 6.07 Å². The van der Waals surface area contributed by atoms with Gasteiger partial charge in [0, 0.05) is 11.3 Å². The molecule has 0 atom stereocenters. The molecule has 0 aliphatic carbocycles. The zero-order chi connectivity index (χ0) is 14.9. The van der Waals surface area contributed by atoms with Crippen molar-refractivity contribution < 1.29 is 4.74 Å². The molecule has 0 saturated carbocycles. The molecule has 0 radical (unpaired) electrons. The Kier molecular flexibility index (Phi) is 6.57. The molecule has 0 aromatic heterocycles. The van der Waals surface area contributed by atoms with Gasteiger partial charge in [0.05, 0.1) is 6.61 Å². The lowest BCUT2D eigenvalue weighted by molar-refractivity contribution is 0.318. The number of thioether (sulfide) groups is 1. The number of benzene rings is 2. The fraction of sp³-hybridized carbons (Fsp3) is 0.235. The number of para-hydroxylation sites is 1. The van der Waals surface area contributed by atoms with Crippen molar-refractivity contribution in [2.45, 2.75) is 12.2 Å². The van der Waals surface area contributed by atoms with Crippen molar-refractivity contribution in [2.75, 3.05) is 12.4 Å². The van der Waals surface area contributed by atoms with E-state index in [1.807, 2.05) is 60.3 Å². The van der Waals surface area contributed by atoms with Gasteiger partial charge in [0.15, 0.2) is 0 Å². The zero-order valence-electron chi connectivity index (χ0n) is 11.8. The Balaban J connectivity index is 1.67. The van der Waals surface area contributed by atoms with E-state index in [9.17, 15) is 0 Å². The maximum atomic E-state index is 5.73. The quantitative estimate of drug-likeness (QED) is 0.589. The van der Waals surface area contributed by atoms with Gasteiger partial charge in [-0.05, 0) is 29.9 Å². The van der Waals surface area contributed by atoms with E-state index in [1.165, 1.54) is 5.56 Å². The predicted octanol–water partition coefficient (Wildman–Crippen LogP) is 4.02. The van der Waals surface area contributed by atoms with Crippen LogP contribution in [0.2, 0.25) is 0 Å². The molecule has 0 aliphatic heterocycles. The molecular formula is C17H19NOS2. The molecule has 0 unspecified atom stereocenters. The van der Waals surface area contributed by atoms with Crippen LogP contribution in [0.3, 0.4) is 0 Å². The Morgan fingerprint density at radius 3 is 2.52 bits per heavy atom. The molecule has 110 valence electrons.